The Morgan fingerprint density at radius 1 is 1.10 bits per heavy atom. The molecule has 31 heavy (non-hydrogen) atoms. The highest BCUT2D eigenvalue weighted by Crippen LogP contribution is 2.26. The fraction of sp³-hybridized carbons (Fsp3) is 0.0400. The lowest BCUT2D eigenvalue weighted by molar-refractivity contribution is -0.112. The maximum absolute atomic E-state index is 12.6. The van der Waals surface area contributed by atoms with Gasteiger partial charge in [0, 0.05) is 32.8 Å². The van der Waals surface area contributed by atoms with Crippen LogP contribution in [0.2, 0.25) is 0 Å². The standard InChI is InChI=1S/C25H18BrN3O2/c26-20-6-8-21(9-7-20)29-25(30)18(14-27)12-19-15-28-24-11-10-22(13-23(19)24)31-16-17-4-2-1-3-5-17/h1-13,15,28H,16H2,(H,29,30)/b18-12+. The minimum Gasteiger partial charge on any atom is -0.489 e. The number of aromatic nitrogens is 1. The van der Waals surface area contributed by atoms with Gasteiger partial charge in [-0.05, 0) is 54.1 Å². The summed E-state index contributed by atoms with van der Waals surface area (Å²) in [5, 5.41) is 13.1. The van der Waals surface area contributed by atoms with Gasteiger partial charge in [0.2, 0.25) is 0 Å². The second-order valence-corrected chi connectivity index (χ2v) is 7.77. The Morgan fingerprint density at radius 3 is 2.61 bits per heavy atom. The molecule has 0 saturated carbocycles. The van der Waals surface area contributed by atoms with Crippen LogP contribution in [-0.2, 0) is 11.4 Å². The average Bonchev–Trinajstić information content (AvgIpc) is 3.20. The van der Waals surface area contributed by atoms with Crippen molar-refractivity contribution in [3.8, 4) is 11.8 Å². The molecule has 4 rings (SSSR count). The first-order valence-corrected chi connectivity index (χ1v) is 10.4. The number of fused-ring (bicyclic) bond motifs is 1. The Kier molecular flexibility index (Phi) is 6.16. The Bertz CT molecular complexity index is 1290. The lowest BCUT2D eigenvalue weighted by Crippen LogP contribution is -2.13. The zero-order valence-corrected chi connectivity index (χ0v) is 18.0. The Morgan fingerprint density at radius 2 is 1.87 bits per heavy atom. The number of hydrogen-bond acceptors (Lipinski definition) is 3. The summed E-state index contributed by atoms with van der Waals surface area (Å²) in [5.41, 5.74) is 3.34. The zero-order valence-electron chi connectivity index (χ0n) is 16.4. The number of nitriles is 1. The number of anilines is 1. The minimum atomic E-state index is -0.462. The molecule has 2 N–H and O–H groups in total. The molecule has 3 aromatic carbocycles. The van der Waals surface area contributed by atoms with Crippen molar-refractivity contribution in [1.29, 1.82) is 5.26 Å². The van der Waals surface area contributed by atoms with E-state index in [2.05, 4.69) is 26.2 Å². The van der Waals surface area contributed by atoms with Crippen LogP contribution in [0.25, 0.3) is 17.0 Å². The molecule has 1 amide bonds. The van der Waals surface area contributed by atoms with Crippen molar-refractivity contribution < 1.29 is 9.53 Å². The SMILES string of the molecule is N#C/C(=C\c1c[nH]c2ccc(OCc3ccccc3)cc12)C(=O)Nc1ccc(Br)cc1. The summed E-state index contributed by atoms with van der Waals surface area (Å²) >= 11 is 3.36. The van der Waals surface area contributed by atoms with Gasteiger partial charge in [-0.15, -0.1) is 0 Å². The summed E-state index contributed by atoms with van der Waals surface area (Å²) in [4.78, 5) is 15.7. The number of nitrogens with zero attached hydrogens (tertiary/aromatic N) is 1. The first-order valence-electron chi connectivity index (χ1n) is 9.59. The van der Waals surface area contributed by atoms with Gasteiger partial charge in [0.15, 0.2) is 0 Å². The molecule has 5 nitrogen and oxygen atoms in total. The number of carbonyl (C=O) groups excluding carboxylic acids is 1. The third-order valence-electron chi connectivity index (χ3n) is 4.70. The highest BCUT2D eigenvalue weighted by atomic mass is 79.9. The van der Waals surface area contributed by atoms with E-state index < -0.39 is 5.91 Å². The molecular weight excluding hydrogens is 454 g/mol. The molecule has 1 heterocycles. The Hall–Kier alpha value is -3.82. The van der Waals surface area contributed by atoms with Crippen LogP contribution in [0.1, 0.15) is 11.1 Å². The fourth-order valence-corrected chi connectivity index (χ4v) is 3.37. The molecule has 0 aliphatic carbocycles. The van der Waals surface area contributed by atoms with Crippen molar-refractivity contribution in [3.05, 3.63) is 100 Å². The largest absolute Gasteiger partial charge is 0.489 e. The van der Waals surface area contributed by atoms with Crippen molar-refractivity contribution >= 4 is 44.5 Å². The monoisotopic (exact) mass is 471 g/mol. The first kappa shape index (κ1) is 20.5. The number of H-pyrrole nitrogens is 1. The van der Waals surface area contributed by atoms with E-state index in [-0.39, 0.29) is 5.57 Å². The Labute approximate surface area is 188 Å². The number of nitrogens with one attached hydrogen (secondary N) is 2. The quantitative estimate of drug-likeness (QED) is 0.265. The van der Waals surface area contributed by atoms with Crippen LogP contribution in [-0.4, -0.2) is 10.9 Å². The van der Waals surface area contributed by atoms with Crippen LogP contribution in [0, 0.1) is 11.3 Å². The van der Waals surface area contributed by atoms with E-state index in [1.807, 2.05) is 66.7 Å². The van der Waals surface area contributed by atoms with Crippen LogP contribution in [0.4, 0.5) is 5.69 Å². The predicted octanol–water partition coefficient (Wildman–Crippen LogP) is 6.06. The van der Waals surface area contributed by atoms with Gasteiger partial charge in [-0.2, -0.15) is 5.26 Å². The van der Waals surface area contributed by atoms with Gasteiger partial charge in [-0.3, -0.25) is 4.79 Å². The maximum Gasteiger partial charge on any atom is 0.266 e. The van der Waals surface area contributed by atoms with Crippen molar-refractivity contribution in [3.63, 3.8) is 0 Å². The van der Waals surface area contributed by atoms with Crippen molar-refractivity contribution in [1.82, 2.24) is 4.98 Å². The summed E-state index contributed by atoms with van der Waals surface area (Å²) in [6, 6.07) is 24.8. The number of ether oxygens (including phenoxy) is 1. The van der Waals surface area contributed by atoms with E-state index in [1.165, 1.54) is 0 Å². The zero-order chi connectivity index (χ0) is 21.6. The molecule has 0 bridgehead atoms. The number of benzene rings is 3. The number of carbonyl (C=O) groups is 1. The van der Waals surface area contributed by atoms with Crippen molar-refractivity contribution in [2.24, 2.45) is 0 Å². The van der Waals surface area contributed by atoms with Crippen LogP contribution < -0.4 is 10.1 Å². The van der Waals surface area contributed by atoms with Crippen molar-refractivity contribution in [2.75, 3.05) is 5.32 Å². The van der Waals surface area contributed by atoms with Crippen LogP contribution in [0.15, 0.2) is 89.0 Å². The van der Waals surface area contributed by atoms with Gasteiger partial charge in [-0.25, -0.2) is 0 Å². The fourth-order valence-electron chi connectivity index (χ4n) is 3.11. The van der Waals surface area contributed by atoms with Gasteiger partial charge in [-0.1, -0.05) is 46.3 Å². The third kappa shape index (κ3) is 5.03. The van der Waals surface area contributed by atoms with E-state index in [4.69, 9.17) is 4.74 Å². The van der Waals surface area contributed by atoms with Gasteiger partial charge in [0.1, 0.15) is 24.0 Å². The maximum atomic E-state index is 12.6. The van der Waals surface area contributed by atoms with Gasteiger partial charge < -0.3 is 15.0 Å². The normalized spacial score (nSPS) is 11.2. The summed E-state index contributed by atoms with van der Waals surface area (Å²) < 4.78 is 6.82. The molecule has 1 aromatic heterocycles. The lowest BCUT2D eigenvalue weighted by Gasteiger charge is -2.07. The molecule has 0 radical (unpaired) electrons. The van der Waals surface area contributed by atoms with Crippen molar-refractivity contribution in [2.45, 2.75) is 6.61 Å². The second-order valence-electron chi connectivity index (χ2n) is 6.86. The molecule has 0 unspecified atom stereocenters. The topological polar surface area (TPSA) is 77.9 Å². The summed E-state index contributed by atoms with van der Waals surface area (Å²) in [6.07, 6.45) is 3.35. The molecule has 0 spiro atoms. The van der Waals surface area contributed by atoms with Crippen LogP contribution >= 0.6 is 15.9 Å². The Balaban J connectivity index is 1.55. The van der Waals surface area contributed by atoms with E-state index in [1.54, 1.807) is 24.4 Å². The number of rotatable bonds is 6. The molecule has 0 aliphatic rings. The molecule has 0 saturated heterocycles. The molecular formula is C25H18BrN3O2. The average molecular weight is 472 g/mol. The summed E-state index contributed by atoms with van der Waals surface area (Å²) in [6.45, 7) is 0.459. The number of aromatic amines is 1. The third-order valence-corrected chi connectivity index (χ3v) is 5.23. The first-order chi connectivity index (χ1) is 15.1. The number of amides is 1. The predicted molar refractivity (Wildman–Crippen MR) is 125 cm³/mol. The smallest absolute Gasteiger partial charge is 0.266 e. The molecule has 6 heteroatoms. The van der Waals surface area contributed by atoms with Crippen LogP contribution in [0.3, 0.4) is 0 Å². The molecule has 0 atom stereocenters. The van der Waals surface area contributed by atoms with E-state index in [9.17, 15) is 10.1 Å². The van der Waals surface area contributed by atoms with Crippen LogP contribution in [0.5, 0.6) is 5.75 Å². The summed E-state index contributed by atoms with van der Waals surface area (Å²) in [7, 11) is 0. The molecule has 0 fully saturated rings. The molecule has 0 aliphatic heterocycles. The van der Waals surface area contributed by atoms with Gasteiger partial charge in [0.25, 0.3) is 5.91 Å². The van der Waals surface area contributed by atoms with E-state index >= 15 is 0 Å². The minimum absolute atomic E-state index is 0.0134. The van der Waals surface area contributed by atoms with E-state index in [0.29, 0.717) is 18.0 Å². The number of halogens is 1. The lowest BCUT2D eigenvalue weighted by atomic mass is 10.1. The van der Waals surface area contributed by atoms with E-state index in [0.717, 1.165) is 26.5 Å². The van der Waals surface area contributed by atoms with Gasteiger partial charge >= 0.3 is 0 Å². The highest BCUT2D eigenvalue weighted by molar-refractivity contribution is 9.10. The van der Waals surface area contributed by atoms with Gasteiger partial charge in [0.05, 0.1) is 0 Å². The number of hydrogen-bond donors (Lipinski definition) is 2. The highest BCUT2D eigenvalue weighted by Gasteiger charge is 2.12. The second kappa shape index (κ2) is 9.33. The molecule has 4 aromatic rings. The molecule has 152 valence electrons. The summed E-state index contributed by atoms with van der Waals surface area (Å²) in [5.74, 6) is 0.249.